The molecule has 0 saturated carbocycles. The number of aromatic nitrogens is 1. The van der Waals surface area contributed by atoms with Crippen molar-refractivity contribution < 1.29 is 19.1 Å². The van der Waals surface area contributed by atoms with Gasteiger partial charge in [0.2, 0.25) is 11.8 Å². The number of thioether (sulfide) groups is 1. The van der Waals surface area contributed by atoms with Gasteiger partial charge in [0.05, 0.1) is 17.9 Å². The van der Waals surface area contributed by atoms with Crippen LogP contribution in [-0.4, -0.2) is 33.3 Å². The Morgan fingerprint density at radius 1 is 1.31 bits per heavy atom. The number of carboxylic acids is 1. The number of benzene rings is 1. The Balaban J connectivity index is 1.85. The van der Waals surface area contributed by atoms with Crippen molar-refractivity contribution in [3.05, 3.63) is 42.3 Å². The van der Waals surface area contributed by atoms with Crippen molar-refractivity contribution >= 4 is 23.6 Å². The number of aliphatic carboxylic acids is 1. The minimum Gasteiger partial charge on any atom is -0.481 e. The van der Waals surface area contributed by atoms with E-state index < -0.39 is 11.5 Å². The third-order valence-corrected chi connectivity index (χ3v) is 5.24. The summed E-state index contributed by atoms with van der Waals surface area (Å²) in [5.41, 5.74) is 0.902. The van der Waals surface area contributed by atoms with Crippen LogP contribution < -0.4 is 5.32 Å². The first-order valence-electron chi connectivity index (χ1n) is 8.40. The first kappa shape index (κ1) is 20.0. The fraction of sp³-hybridized carbons (Fsp3) is 0.421. The summed E-state index contributed by atoms with van der Waals surface area (Å²) in [7, 11) is 0. The predicted octanol–water partition coefficient (Wildman–Crippen LogP) is 3.58. The normalized spacial score (nSPS) is 13.4. The van der Waals surface area contributed by atoms with Crippen molar-refractivity contribution in [2.45, 2.75) is 38.5 Å². The molecule has 0 aliphatic rings. The molecule has 2 N–H and O–H groups in total. The molecule has 0 fully saturated rings. The van der Waals surface area contributed by atoms with Gasteiger partial charge in [-0.3, -0.25) is 9.59 Å². The molecule has 1 heterocycles. The third kappa shape index (κ3) is 5.62. The maximum atomic E-state index is 12.2. The van der Waals surface area contributed by atoms with Crippen molar-refractivity contribution in [2.24, 2.45) is 5.92 Å². The van der Waals surface area contributed by atoms with Crippen LogP contribution in [0.25, 0.3) is 11.5 Å². The van der Waals surface area contributed by atoms with Crippen molar-refractivity contribution in [1.82, 2.24) is 10.3 Å². The summed E-state index contributed by atoms with van der Waals surface area (Å²) < 4.78 is 5.47. The van der Waals surface area contributed by atoms with E-state index in [1.807, 2.05) is 44.2 Å². The van der Waals surface area contributed by atoms with Gasteiger partial charge in [0.15, 0.2) is 0 Å². The van der Waals surface area contributed by atoms with Gasteiger partial charge in [-0.1, -0.05) is 32.0 Å². The topological polar surface area (TPSA) is 92.4 Å². The molecule has 1 atom stereocenters. The molecular formula is C19H24N2O4S. The van der Waals surface area contributed by atoms with Crippen LogP contribution in [0.3, 0.4) is 0 Å². The van der Waals surface area contributed by atoms with E-state index in [1.165, 1.54) is 11.8 Å². The molecule has 6 nitrogen and oxygen atoms in total. The molecule has 0 aliphatic carbocycles. The average molecular weight is 376 g/mol. The fourth-order valence-corrected chi connectivity index (χ4v) is 3.10. The number of carbonyl (C=O) groups is 2. The Bertz CT molecular complexity index is 745. The zero-order valence-corrected chi connectivity index (χ0v) is 16.0. The van der Waals surface area contributed by atoms with Gasteiger partial charge in [0, 0.05) is 16.9 Å². The van der Waals surface area contributed by atoms with Crippen LogP contribution in [0.4, 0.5) is 0 Å². The summed E-state index contributed by atoms with van der Waals surface area (Å²) in [6, 6.07) is 9.61. The number of nitrogens with zero attached hydrogens (tertiary/aromatic N) is 1. The highest BCUT2D eigenvalue weighted by molar-refractivity contribution is 7.99. The van der Waals surface area contributed by atoms with Crippen LogP contribution in [0.1, 0.15) is 32.9 Å². The SMILES string of the molecule is CC(C)C(C)(CC(=O)O)NC(=O)CSCc1coc(-c2ccccc2)n1. The minimum absolute atomic E-state index is 0.0107. The first-order valence-corrected chi connectivity index (χ1v) is 9.56. The second kappa shape index (κ2) is 8.89. The highest BCUT2D eigenvalue weighted by Gasteiger charge is 2.32. The van der Waals surface area contributed by atoms with Gasteiger partial charge in [-0.25, -0.2) is 4.98 Å². The zero-order chi connectivity index (χ0) is 19.2. The number of oxazole rings is 1. The number of nitrogens with one attached hydrogen (secondary N) is 1. The standard InChI is InChI=1S/C19H24N2O4S/c1-13(2)19(3,9-17(23)24)21-16(22)12-26-11-15-10-25-18(20-15)14-7-5-4-6-8-14/h4-8,10,13H,9,11-12H2,1-3H3,(H,21,22)(H,23,24). The molecule has 1 amide bonds. The highest BCUT2D eigenvalue weighted by atomic mass is 32.2. The minimum atomic E-state index is -0.926. The van der Waals surface area contributed by atoms with Gasteiger partial charge < -0.3 is 14.8 Å². The number of hydrogen-bond donors (Lipinski definition) is 2. The Labute approximate surface area is 157 Å². The van der Waals surface area contributed by atoms with Crippen LogP contribution >= 0.6 is 11.8 Å². The van der Waals surface area contributed by atoms with Crippen LogP contribution in [0.2, 0.25) is 0 Å². The average Bonchev–Trinajstić information content (AvgIpc) is 3.03. The maximum Gasteiger partial charge on any atom is 0.305 e. The number of amides is 1. The summed E-state index contributed by atoms with van der Waals surface area (Å²) in [4.78, 5) is 27.7. The summed E-state index contributed by atoms with van der Waals surface area (Å²) in [5, 5.41) is 11.9. The summed E-state index contributed by atoms with van der Waals surface area (Å²) in [6.45, 7) is 5.56. The summed E-state index contributed by atoms with van der Waals surface area (Å²) >= 11 is 1.41. The van der Waals surface area contributed by atoms with E-state index in [9.17, 15) is 9.59 Å². The molecule has 0 saturated heterocycles. The lowest BCUT2D eigenvalue weighted by Gasteiger charge is -2.33. The molecule has 2 rings (SSSR count). The molecule has 0 spiro atoms. The molecule has 1 aromatic carbocycles. The third-order valence-electron chi connectivity index (χ3n) is 4.27. The van der Waals surface area contributed by atoms with E-state index in [2.05, 4.69) is 10.3 Å². The van der Waals surface area contributed by atoms with Gasteiger partial charge >= 0.3 is 5.97 Å². The second-order valence-electron chi connectivity index (χ2n) is 6.69. The largest absolute Gasteiger partial charge is 0.481 e. The van der Waals surface area contributed by atoms with Gasteiger partial charge in [0.1, 0.15) is 6.26 Å². The lowest BCUT2D eigenvalue weighted by molar-refractivity contribution is -0.139. The van der Waals surface area contributed by atoms with Gasteiger partial charge in [-0.05, 0) is 25.0 Å². The molecule has 0 aliphatic heterocycles. The molecule has 7 heteroatoms. The number of carbonyl (C=O) groups excluding carboxylic acids is 1. The van der Waals surface area contributed by atoms with Crippen LogP contribution in [0.5, 0.6) is 0 Å². The molecule has 2 aromatic rings. The Kier molecular flexibility index (Phi) is 6.85. The van der Waals surface area contributed by atoms with Crippen molar-refractivity contribution in [3.8, 4) is 11.5 Å². The molecular weight excluding hydrogens is 352 g/mol. The van der Waals surface area contributed by atoms with E-state index in [-0.39, 0.29) is 24.0 Å². The Hall–Kier alpha value is -2.28. The lowest BCUT2D eigenvalue weighted by Crippen LogP contribution is -2.51. The van der Waals surface area contributed by atoms with E-state index in [0.717, 1.165) is 11.3 Å². The number of carboxylic acid groups (broad SMARTS) is 1. The monoisotopic (exact) mass is 376 g/mol. The van der Waals surface area contributed by atoms with E-state index in [4.69, 9.17) is 9.52 Å². The van der Waals surface area contributed by atoms with Crippen LogP contribution in [-0.2, 0) is 15.3 Å². The Morgan fingerprint density at radius 2 is 2.00 bits per heavy atom. The van der Waals surface area contributed by atoms with Crippen LogP contribution in [0.15, 0.2) is 41.0 Å². The molecule has 0 radical (unpaired) electrons. The number of rotatable bonds is 9. The van der Waals surface area contributed by atoms with Crippen molar-refractivity contribution in [3.63, 3.8) is 0 Å². The molecule has 26 heavy (non-hydrogen) atoms. The maximum absolute atomic E-state index is 12.2. The zero-order valence-electron chi connectivity index (χ0n) is 15.2. The summed E-state index contributed by atoms with van der Waals surface area (Å²) in [6.07, 6.45) is 1.49. The first-order chi connectivity index (χ1) is 12.3. The fourth-order valence-electron chi connectivity index (χ4n) is 2.40. The summed E-state index contributed by atoms with van der Waals surface area (Å²) in [5.74, 6) is 0.233. The lowest BCUT2D eigenvalue weighted by atomic mass is 9.85. The van der Waals surface area contributed by atoms with Gasteiger partial charge in [-0.2, -0.15) is 0 Å². The van der Waals surface area contributed by atoms with Crippen LogP contribution in [0, 0.1) is 5.92 Å². The Morgan fingerprint density at radius 3 is 2.62 bits per heavy atom. The van der Waals surface area contributed by atoms with E-state index in [0.29, 0.717) is 11.6 Å². The quantitative estimate of drug-likeness (QED) is 0.695. The molecule has 140 valence electrons. The van der Waals surface area contributed by atoms with Gasteiger partial charge in [-0.15, -0.1) is 11.8 Å². The molecule has 1 aromatic heterocycles. The van der Waals surface area contributed by atoms with E-state index in [1.54, 1.807) is 13.2 Å². The van der Waals surface area contributed by atoms with Crippen molar-refractivity contribution in [1.29, 1.82) is 0 Å². The van der Waals surface area contributed by atoms with Crippen molar-refractivity contribution in [2.75, 3.05) is 5.75 Å². The molecule has 1 unspecified atom stereocenters. The predicted molar refractivity (Wildman–Crippen MR) is 102 cm³/mol. The highest BCUT2D eigenvalue weighted by Crippen LogP contribution is 2.22. The molecule has 0 bridgehead atoms. The smallest absolute Gasteiger partial charge is 0.305 e. The van der Waals surface area contributed by atoms with Gasteiger partial charge in [0.25, 0.3) is 0 Å². The van der Waals surface area contributed by atoms with E-state index >= 15 is 0 Å². The number of hydrogen-bond acceptors (Lipinski definition) is 5. The second-order valence-corrected chi connectivity index (χ2v) is 7.68.